The van der Waals surface area contributed by atoms with E-state index >= 15 is 0 Å². The Morgan fingerprint density at radius 1 is 1.17 bits per heavy atom. The SMILES string of the molecule is N#CCc1[nH]c(=O)ccc1-c1c(Cl)cccc1Cl. The summed E-state index contributed by atoms with van der Waals surface area (Å²) in [6.07, 6.45) is 0.0902. The molecular formula is C13H8Cl2N2O. The lowest BCUT2D eigenvalue weighted by Crippen LogP contribution is -2.08. The monoisotopic (exact) mass is 278 g/mol. The molecular weight excluding hydrogens is 271 g/mol. The lowest BCUT2D eigenvalue weighted by Gasteiger charge is -2.10. The Balaban J connectivity index is 2.71. The van der Waals surface area contributed by atoms with Crippen LogP contribution in [-0.2, 0) is 6.42 Å². The van der Waals surface area contributed by atoms with Gasteiger partial charge in [0.2, 0.25) is 5.56 Å². The smallest absolute Gasteiger partial charge is 0.248 e. The summed E-state index contributed by atoms with van der Waals surface area (Å²) in [5, 5.41) is 9.74. The minimum Gasteiger partial charge on any atom is -0.325 e. The van der Waals surface area contributed by atoms with Crippen LogP contribution in [0.1, 0.15) is 5.69 Å². The third kappa shape index (κ3) is 2.40. The van der Waals surface area contributed by atoms with Crippen LogP contribution in [0.4, 0.5) is 0 Å². The van der Waals surface area contributed by atoms with Crippen molar-refractivity contribution < 1.29 is 0 Å². The van der Waals surface area contributed by atoms with Gasteiger partial charge in [-0.3, -0.25) is 4.79 Å². The van der Waals surface area contributed by atoms with Crippen molar-refractivity contribution in [3.05, 3.63) is 56.4 Å². The average molecular weight is 279 g/mol. The fourth-order valence-electron chi connectivity index (χ4n) is 1.73. The highest BCUT2D eigenvalue weighted by molar-refractivity contribution is 6.39. The Morgan fingerprint density at radius 3 is 2.44 bits per heavy atom. The van der Waals surface area contributed by atoms with Crippen LogP contribution in [-0.4, -0.2) is 4.98 Å². The van der Waals surface area contributed by atoms with E-state index < -0.39 is 0 Å². The number of rotatable bonds is 2. The molecule has 0 bridgehead atoms. The van der Waals surface area contributed by atoms with Gasteiger partial charge in [0.25, 0.3) is 0 Å². The van der Waals surface area contributed by atoms with E-state index in [2.05, 4.69) is 4.98 Å². The van der Waals surface area contributed by atoms with Crippen LogP contribution in [0.5, 0.6) is 0 Å². The molecule has 2 aromatic rings. The summed E-state index contributed by atoms with van der Waals surface area (Å²) < 4.78 is 0. The van der Waals surface area contributed by atoms with Gasteiger partial charge in [0.05, 0.1) is 12.5 Å². The molecule has 0 saturated carbocycles. The zero-order chi connectivity index (χ0) is 13.1. The summed E-state index contributed by atoms with van der Waals surface area (Å²) >= 11 is 12.2. The third-order valence-electron chi connectivity index (χ3n) is 2.49. The minimum atomic E-state index is -0.257. The molecule has 2 rings (SSSR count). The largest absolute Gasteiger partial charge is 0.325 e. The van der Waals surface area contributed by atoms with Gasteiger partial charge in [-0.1, -0.05) is 29.3 Å². The number of nitrogens with one attached hydrogen (secondary N) is 1. The van der Waals surface area contributed by atoms with Crippen molar-refractivity contribution in [1.29, 1.82) is 5.26 Å². The van der Waals surface area contributed by atoms with Gasteiger partial charge in [-0.05, 0) is 18.2 Å². The molecule has 1 heterocycles. The summed E-state index contributed by atoms with van der Waals surface area (Å²) in [6, 6.07) is 10.2. The van der Waals surface area contributed by atoms with Crippen molar-refractivity contribution in [2.75, 3.05) is 0 Å². The highest BCUT2D eigenvalue weighted by Crippen LogP contribution is 2.35. The Morgan fingerprint density at radius 2 is 1.83 bits per heavy atom. The zero-order valence-corrected chi connectivity index (χ0v) is 10.7. The summed E-state index contributed by atoms with van der Waals surface area (Å²) in [4.78, 5) is 13.9. The number of nitrogens with zero attached hydrogens (tertiary/aromatic N) is 1. The molecule has 90 valence electrons. The highest BCUT2D eigenvalue weighted by atomic mass is 35.5. The molecule has 0 aliphatic heterocycles. The van der Waals surface area contributed by atoms with E-state index in [1.54, 1.807) is 24.3 Å². The molecule has 0 saturated heterocycles. The number of hydrogen-bond donors (Lipinski definition) is 1. The van der Waals surface area contributed by atoms with Crippen molar-refractivity contribution in [1.82, 2.24) is 4.98 Å². The molecule has 0 spiro atoms. The second-order valence-electron chi connectivity index (χ2n) is 3.65. The number of pyridine rings is 1. The first kappa shape index (κ1) is 12.7. The van der Waals surface area contributed by atoms with Crippen LogP contribution in [0, 0.1) is 11.3 Å². The molecule has 0 unspecified atom stereocenters. The molecule has 5 heteroatoms. The van der Waals surface area contributed by atoms with Gasteiger partial charge in [0.1, 0.15) is 0 Å². The molecule has 0 aliphatic carbocycles. The minimum absolute atomic E-state index is 0.0902. The zero-order valence-electron chi connectivity index (χ0n) is 9.21. The van der Waals surface area contributed by atoms with E-state index in [0.717, 1.165) is 0 Å². The van der Waals surface area contributed by atoms with Crippen LogP contribution >= 0.6 is 23.2 Å². The standard InChI is InChI=1S/C13H8Cl2N2O/c14-9-2-1-3-10(15)13(9)8-4-5-12(18)17-11(8)6-7-16/h1-5H,6H2,(H,17,18). The van der Waals surface area contributed by atoms with Crippen LogP contribution < -0.4 is 5.56 Å². The maximum atomic E-state index is 11.3. The van der Waals surface area contributed by atoms with E-state index in [1.807, 2.05) is 6.07 Å². The van der Waals surface area contributed by atoms with E-state index in [9.17, 15) is 4.79 Å². The van der Waals surface area contributed by atoms with Crippen LogP contribution in [0.3, 0.4) is 0 Å². The molecule has 3 nitrogen and oxygen atoms in total. The molecule has 1 N–H and O–H groups in total. The van der Waals surface area contributed by atoms with Gasteiger partial charge in [0.15, 0.2) is 0 Å². The molecule has 1 aromatic carbocycles. The third-order valence-corrected chi connectivity index (χ3v) is 3.12. The topological polar surface area (TPSA) is 56.6 Å². The maximum absolute atomic E-state index is 11.3. The van der Waals surface area contributed by atoms with Crippen molar-refractivity contribution in [2.24, 2.45) is 0 Å². The fourth-order valence-corrected chi connectivity index (χ4v) is 2.33. The second kappa shape index (κ2) is 5.26. The molecule has 0 fully saturated rings. The molecule has 0 amide bonds. The number of halogens is 2. The van der Waals surface area contributed by atoms with Gasteiger partial charge in [-0.2, -0.15) is 5.26 Å². The van der Waals surface area contributed by atoms with E-state index in [0.29, 0.717) is 26.9 Å². The predicted molar refractivity (Wildman–Crippen MR) is 71.8 cm³/mol. The predicted octanol–water partition coefficient (Wildman–Crippen LogP) is 3.41. The van der Waals surface area contributed by atoms with Crippen LogP contribution in [0.2, 0.25) is 10.0 Å². The first-order valence-corrected chi connectivity index (χ1v) is 5.92. The quantitative estimate of drug-likeness (QED) is 0.915. The molecule has 0 atom stereocenters. The van der Waals surface area contributed by atoms with Crippen molar-refractivity contribution in [2.45, 2.75) is 6.42 Å². The molecule has 0 aliphatic rings. The average Bonchev–Trinajstić information content (AvgIpc) is 2.32. The number of aromatic nitrogens is 1. The maximum Gasteiger partial charge on any atom is 0.248 e. The van der Waals surface area contributed by atoms with Gasteiger partial charge in [-0.25, -0.2) is 0 Å². The van der Waals surface area contributed by atoms with E-state index in [-0.39, 0.29) is 12.0 Å². The second-order valence-corrected chi connectivity index (χ2v) is 4.46. The normalized spacial score (nSPS) is 10.1. The van der Waals surface area contributed by atoms with Crippen LogP contribution in [0.25, 0.3) is 11.1 Å². The molecule has 1 aromatic heterocycles. The highest BCUT2D eigenvalue weighted by Gasteiger charge is 2.12. The number of aromatic amines is 1. The molecule has 0 radical (unpaired) electrons. The Kier molecular flexibility index (Phi) is 3.71. The summed E-state index contributed by atoms with van der Waals surface area (Å²) in [5.74, 6) is 0. The van der Waals surface area contributed by atoms with Gasteiger partial charge >= 0.3 is 0 Å². The number of hydrogen-bond acceptors (Lipinski definition) is 2. The number of nitriles is 1. The van der Waals surface area contributed by atoms with Gasteiger partial charge in [-0.15, -0.1) is 0 Å². The van der Waals surface area contributed by atoms with Gasteiger partial charge in [0, 0.05) is 32.9 Å². The molecule has 18 heavy (non-hydrogen) atoms. The van der Waals surface area contributed by atoms with Crippen molar-refractivity contribution >= 4 is 23.2 Å². The first-order chi connectivity index (χ1) is 8.63. The summed E-state index contributed by atoms with van der Waals surface area (Å²) in [6.45, 7) is 0. The Hall–Kier alpha value is -1.76. The van der Waals surface area contributed by atoms with Crippen LogP contribution in [0.15, 0.2) is 35.1 Å². The number of H-pyrrole nitrogens is 1. The lowest BCUT2D eigenvalue weighted by molar-refractivity contribution is 1.08. The summed E-state index contributed by atoms with van der Waals surface area (Å²) in [5.41, 5.74) is 1.56. The van der Waals surface area contributed by atoms with Crippen molar-refractivity contribution in [3.8, 4) is 17.2 Å². The van der Waals surface area contributed by atoms with Gasteiger partial charge < -0.3 is 4.98 Å². The van der Waals surface area contributed by atoms with Crippen molar-refractivity contribution in [3.63, 3.8) is 0 Å². The first-order valence-electron chi connectivity index (χ1n) is 5.17. The fraction of sp³-hybridized carbons (Fsp3) is 0.0769. The van der Waals surface area contributed by atoms with E-state index in [1.165, 1.54) is 6.07 Å². The number of benzene rings is 1. The Bertz CT molecular complexity index is 666. The Labute approximate surface area is 114 Å². The summed E-state index contributed by atoms with van der Waals surface area (Å²) in [7, 11) is 0. The van der Waals surface area contributed by atoms with E-state index in [4.69, 9.17) is 28.5 Å². The lowest BCUT2D eigenvalue weighted by atomic mass is 10.0.